The molecule has 0 aliphatic carbocycles. The molecule has 0 saturated heterocycles. The summed E-state index contributed by atoms with van der Waals surface area (Å²) in [7, 11) is 0. The van der Waals surface area contributed by atoms with Crippen LogP contribution in [0.15, 0.2) is 46.0 Å². The number of amidine groups is 2. The second-order valence-electron chi connectivity index (χ2n) is 6.56. The third-order valence-electron chi connectivity index (χ3n) is 4.53. The molecular weight excluding hydrogens is 439 g/mol. The van der Waals surface area contributed by atoms with Crippen LogP contribution in [-0.2, 0) is 4.79 Å². The van der Waals surface area contributed by atoms with E-state index in [4.69, 9.17) is 17.0 Å². The van der Waals surface area contributed by atoms with E-state index >= 15 is 0 Å². The maximum absolute atomic E-state index is 12.9. The average molecular weight is 452 g/mol. The van der Waals surface area contributed by atoms with Crippen LogP contribution in [0.5, 0.6) is 0 Å². The van der Waals surface area contributed by atoms with Gasteiger partial charge < -0.3 is 4.57 Å². The lowest BCUT2D eigenvalue weighted by molar-refractivity contribution is -0.114. The number of nitrogens with one attached hydrogen (secondary N) is 1. The van der Waals surface area contributed by atoms with E-state index in [-0.39, 0.29) is 22.5 Å². The van der Waals surface area contributed by atoms with E-state index in [1.54, 1.807) is 12.1 Å². The Bertz CT molecular complexity index is 1200. The third-order valence-corrected chi connectivity index (χ3v) is 5.72. The molecule has 0 atom stereocenters. The van der Waals surface area contributed by atoms with Gasteiger partial charge in [-0.2, -0.15) is 28.3 Å². The Balaban J connectivity index is 1.75. The molecule has 1 amide bonds. The number of nitrogens with zero attached hydrogens (tertiary/aromatic N) is 4. The molecule has 154 valence electrons. The number of rotatable bonds is 2. The van der Waals surface area contributed by atoms with Crippen molar-refractivity contribution in [1.29, 1.82) is 5.41 Å². The Morgan fingerprint density at radius 1 is 1.23 bits per heavy atom. The van der Waals surface area contributed by atoms with Gasteiger partial charge in [-0.3, -0.25) is 10.2 Å². The summed E-state index contributed by atoms with van der Waals surface area (Å²) in [6.45, 7) is 3.70. The fourth-order valence-electron chi connectivity index (χ4n) is 3.21. The lowest BCUT2D eigenvalue weighted by Gasteiger charge is -2.20. The first kappa shape index (κ1) is 20.4. The Morgan fingerprint density at radius 2 is 1.97 bits per heavy atom. The van der Waals surface area contributed by atoms with E-state index in [0.29, 0.717) is 10.6 Å². The van der Waals surface area contributed by atoms with Gasteiger partial charge >= 0.3 is 6.18 Å². The van der Waals surface area contributed by atoms with Gasteiger partial charge in [0.05, 0.1) is 5.57 Å². The predicted octanol–water partition coefficient (Wildman–Crippen LogP) is 4.93. The van der Waals surface area contributed by atoms with Gasteiger partial charge in [-0.15, -0.1) is 0 Å². The number of hydrazone groups is 1. The SMILES string of the molecule is Cc1cc(/C=C2/C(=N)N3N=C(C(F)(F)F)SC3=NC2=O)c(C)n1-c1cccc(Cl)c1. The standard InChI is InChI=1S/C19H13ClF3N5OS/c1-9-6-11(10(2)27(9)13-5-3-4-12(20)8-13)7-14-15(24)28-18(25-16(14)29)30-17(26-28)19(21,22)23/h3-8,24H,1-2H3/b14-7-,24-15?. The van der Waals surface area contributed by atoms with Crippen LogP contribution in [0.2, 0.25) is 5.02 Å². The zero-order valence-corrected chi connectivity index (χ0v) is 17.2. The van der Waals surface area contributed by atoms with E-state index in [0.717, 1.165) is 22.1 Å². The minimum absolute atomic E-state index is 0.141. The number of carbonyl (C=O) groups excluding carboxylic acids is 1. The van der Waals surface area contributed by atoms with Crippen LogP contribution >= 0.6 is 23.4 Å². The number of alkyl halides is 3. The van der Waals surface area contributed by atoms with Gasteiger partial charge in [0.15, 0.2) is 5.84 Å². The molecule has 11 heteroatoms. The largest absolute Gasteiger partial charge is 0.441 e. The van der Waals surface area contributed by atoms with Gasteiger partial charge in [0.2, 0.25) is 10.2 Å². The average Bonchev–Trinajstić information content (AvgIpc) is 3.20. The van der Waals surface area contributed by atoms with Crippen molar-refractivity contribution in [3.05, 3.63) is 57.9 Å². The van der Waals surface area contributed by atoms with Crippen molar-refractivity contribution in [1.82, 2.24) is 9.58 Å². The Hall–Kier alpha value is -2.85. The number of hydrogen-bond donors (Lipinski definition) is 1. The fourth-order valence-corrected chi connectivity index (χ4v) is 4.15. The van der Waals surface area contributed by atoms with Gasteiger partial charge in [-0.1, -0.05) is 17.7 Å². The molecule has 3 heterocycles. The summed E-state index contributed by atoms with van der Waals surface area (Å²) < 4.78 is 40.8. The van der Waals surface area contributed by atoms with Crippen molar-refractivity contribution in [3.8, 4) is 5.69 Å². The summed E-state index contributed by atoms with van der Waals surface area (Å²) >= 11 is 6.30. The van der Waals surface area contributed by atoms with Crippen LogP contribution in [0.1, 0.15) is 17.0 Å². The highest BCUT2D eigenvalue weighted by Crippen LogP contribution is 2.35. The summed E-state index contributed by atoms with van der Waals surface area (Å²) in [6.07, 6.45) is -3.24. The Labute approximate surface area is 178 Å². The number of amides is 1. The molecule has 0 bridgehead atoms. The molecule has 4 rings (SSSR count). The maximum atomic E-state index is 12.9. The van der Waals surface area contributed by atoms with Crippen LogP contribution in [0.25, 0.3) is 11.8 Å². The van der Waals surface area contributed by atoms with E-state index in [1.807, 2.05) is 36.6 Å². The zero-order chi connectivity index (χ0) is 21.8. The summed E-state index contributed by atoms with van der Waals surface area (Å²) in [4.78, 5) is 16.1. The lowest BCUT2D eigenvalue weighted by atomic mass is 10.1. The van der Waals surface area contributed by atoms with E-state index in [9.17, 15) is 18.0 Å². The zero-order valence-electron chi connectivity index (χ0n) is 15.6. The molecule has 0 spiro atoms. The van der Waals surface area contributed by atoms with Crippen LogP contribution in [-0.4, -0.2) is 37.7 Å². The smallest absolute Gasteiger partial charge is 0.318 e. The van der Waals surface area contributed by atoms with Gasteiger partial charge in [-0.05, 0) is 61.5 Å². The van der Waals surface area contributed by atoms with Gasteiger partial charge in [0.25, 0.3) is 5.91 Å². The molecule has 6 nitrogen and oxygen atoms in total. The first-order valence-electron chi connectivity index (χ1n) is 8.58. The molecule has 30 heavy (non-hydrogen) atoms. The minimum atomic E-state index is -4.68. The lowest BCUT2D eigenvalue weighted by Crippen LogP contribution is -2.35. The van der Waals surface area contributed by atoms with Gasteiger partial charge in [-0.25, -0.2) is 0 Å². The maximum Gasteiger partial charge on any atom is 0.441 e. The number of carbonyl (C=O) groups is 1. The predicted molar refractivity (Wildman–Crippen MR) is 111 cm³/mol. The second-order valence-corrected chi connectivity index (χ2v) is 7.96. The molecule has 2 aliphatic heterocycles. The molecule has 0 saturated carbocycles. The molecule has 1 N–H and O–H groups in total. The van der Waals surface area contributed by atoms with Crippen molar-refractivity contribution >= 4 is 51.4 Å². The number of aryl methyl sites for hydroxylation is 1. The van der Waals surface area contributed by atoms with Crippen LogP contribution in [0.3, 0.4) is 0 Å². The molecule has 0 fully saturated rings. The minimum Gasteiger partial charge on any atom is -0.318 e. The third kappa shape index (κ3) is 3.46. The summed E-state index contributed by atoms with van der Waals surface area (Å²) in [5, 5.41) is 11.5. The number of hydrogen-bond acceptors (Lipinski definition) is 4. The first-order valence-corrected chi connectivity index (χ1v) is 9.78. The number of aliphatic imine (C=N–C) groups is 1. The number of aromatic nitrogens is 1. The first-order chi connectivity index (χ1) is 14.1. The van der Waals surface area contributed by atoms with E-state index in [2.05, 4.69) is 10.1 Å². The van der Waals surface area contributed by atoms with E-state index in [1.165, 1.54) is 6.08 Å². The van der Waals surface area contributed by atoms with Crippen LogP contribution < -0.4 is 0 Å². The highest BCUT2D eigenvalue weighted by atomic mass is 35.5. The van der Waals surface area contributed by atoms with Gasteiger partial charge in [0.1, 0.15) is 0 Å². The molecule has 0 radical (unpaired) electrons. The van der Waals surface area contributed by atoms with Crippen LogP contribution in [0.4, 0.5) is 13.2 Å². The summed E-state index contributed by atoms with van der Waals surface area (Å²) in [5.74, 6) is -1.24. The highest BCUT2D eigenvalue weighted by molar-refractivity contribution is 8.27. The molecule has 2 aliphatic rings. The summed E-state index contributed by atoms with van der Waals surface area (Å²) in [6, 6.07) is 9.04. The van der Waals surface area contributed by atoms with Crippen molar-refractivity contribution in [2.45, 2.75) is 20.0 Å². The van der Waals surface area contributed by atoms with Crippen molar-refractivity contribution in [2.75, 3.05) is 0 Å². The highest BCUT2D eigenvalue weighted by Gasteiger charge is 2.46. The van der Waals surface area contributed by atoms with E-state index < -0.39 is 23.0 Å². The Morgan fingerprint density at radius 3 is 2.63 bits per heavy atom. The topological polar surface area (TPSA) is 73.8 Å². The van der Waals surface area contributed by atoms with Crippen molar-refractivity contribution in [3.63, 3.8) is 0 Å². The number of benzene rings is 1. The monoisotopic (exact) mass is 451 g/mol. The normalized spacial score (nSPS) is 18.1. The number of thioether (sulfide) groups is 1. The molecule has 0 unspecified atom stereocenters. The van der Waals surface area contributed by atoms with Gasteiger partial charge in [0, 0.05) is 22.1 Å². The van der Waals surface area contributed by atoms with Crippen LogP contribution in [0, 0.1) is 19.3 Å². The Kier molecular flexibility index (Phi) is 4.86. The van der Waals surface area contributed by atoms with Crippen molar-refractivity contribution < 1.29 is 18.0 Å². The fraction of sp³-hybridized carbons (Fsp3) is 0.158. The molecule has 2 aromatic rings. The number of fused-ring (bicyclic) bond motifs is 1. The number of halogens is 4. The molecule has 1 aromatic heterocycles. The molecule has 1 aromatic carbocycles. The second kappa shape index (κ2) is 7.13. The van der Waals surface area contributed by atoms with Crippen molar-refractivity contribution in [2.24, 2.45) is 10.1 Å². The summed E-state index contributed by atoms with van der Waals surface area (Å²) in [5.41, 5.74) is 2.94. The molecular formula is C19H13ClF3N5OS. The quantitative estimate of drug-likeness (QED) is 0.658.